The Morgan fingerprint density at radius 1 is 1.24 bits per heavy atom. The van der Waals surface area contributed by atoms with Crippen molar-refractivity contribution in [1.82, 2.24) is 10.3 Å². The van der Waals surface area contributed by atoms with Crippen LogP contribution in [0.1, 0.15) is 11.1 Å². The first-order chi connectivity index (χ1) is 13.5. The number of benzene rings is 1. The molecule has 0 fully saturated rings. The molecule has 0 aliphatic carbocycles. The Morgan fingerprint density at radius 2 is 1.93 bits per heavy atom. The average molecular weight is 450 g/mol. The zero-order valence-electron chi connectivity index (χ0n) is 15.2. The first-order valence-corrected chi connectivity index (χ1v) is 11.4. The van der Waals surface area contributed by atoms with E-state index in [1.165, 1.54) is 25.0 Å². The molecule has 1 aromatic carbocycles. The van der Waals surface area contributed by atoms with Crippen LogP contribution in [-0.2, 0) is 22.5 Å². The van der Waals surface area contributed by atoms with E-state index < -0.39 is 19.8 Å². The van der Waals surface area contributed by atoms with Gasteiger partial charge in [0.15, 0.2) is 0 Å². The van der Waals surface area contributed by atoms with Gasteiger partial charge in [-0.05, 0) is 35.4 Å². The van der Waals surface area contributed by atoms with Crippen LogP contribution in [0.15, 0.2) is 47.6 Å². The molecule has 0 bridgehead atoms. The van der Waals surface area contributed by atoms with Crippen LogP contribution >= 0.6 is 19.1 Å². The maximum atomic E-state index is 12.1. The second-order valence-electron chi connectivity index (χ2n) is 5.95. The Bertz CT molecular complexity index is 874. The number of amides is 1. The molecule has 1 heterocycles. The lowest BCUT2D eigenvalue weighted by atomic mass is 10.2. The number of alkyl carbamates (subject to hydrolysis) is 1. The zero-order chi connectivity index (χ0) is 21.5. The Morgan fingerprint density at radius 3 is 2.55 bits per heavy atom. The summed E-state index contributed by atoms with van der Waals surface area (Å²) >= 11 is 1.14. The molecule has 0 aliphatic heterocycles. The third kappa shape index (κ3) is 9.69. The summed E-state index contributed by atoms with van der Waals surface area (Å²) in [6.45, 7) is 1.28. The van der Waals surface area contributed by atoms with E-state index in [1.54, 1.807) is 12.1 Å². The molecule has 29 heavy (non-hydrogen) atoms. The molecule has 0 radical (unpaired) electrons. The molecule has 1 amide bonds. The van der Waals surface area contributed by atoms with Gasteiger partial charge in [0.05, 0.1) is 10.5 Å². The van der Waals surface area contributed by atoms with Gasteiger partial charge in [0, 0.05) is 19.4 Å². The summed E-state index contributed by atoms with van der Waals surface area (Å²) in [6, 6.07) is 8.32. The van der Waals surface area contributed by atoms with Crippen molar-refractivity contribution < 1.29 is 36.9 Å². The highest BCUT2D eigenvalue weighted by Crippen LogP contribution is 2.41. The molecule has 7 nitrogen and oxygen atoms in total. The summed E-state index contributed by atoms with van der Waals surface area (Å²) in [5.74, 6) is -0.363. The van der Waals surface area contributed by atoms with Crippen molar-refractivity contribution in [2.75, 3.05) is 12.2 Å². The van der Waals surface area contributed by atoms with Crippen LogP contribution in [0.25, 0.3) is 0 Å². The van der Waals surface area contributed by atoms with Gasteiger partial charge < -0.3 is 19.7 Å². The highest BCUT2D eigenvalue weighted by atomic mass is 32.2. The quantitative estimate of drug-likeness (QED) is 0.456. The number of pyridine rings is 1. The van der Waals surface area contributed by atoms with Gasteiger partial charge in [-0.1, -0.05) is 23.9 Å². The summed E-state index contributed by atoms with van der Waals surface area (Å²) in [6.07, 6.45) is -3.95. The smallest absolute Gasteiger partial charge is 0.445 e. The fraction of sp³-hybridized carbons (Fsp3) is 0.294. The second kappa shape index (κ2) is 10.00. The van der Waals surface area contributed by atoms with Crippen LogP contribution in [0, 0.1) is 0 Å². The van der Waals surface area contributed by atoms with Crippen molar-refractivity contribution in [1.29, 1.82) is 0 Å². The van der Waals surface area contributed by atoms with Gasteiger partial charge in [-0.2, -0.15) is 0 Å². The van der Waals surface area contributed by atoms with Gasteiger partial charge in [-0.3, -0.25) is 4.57 Å². The van der Waals surface area contributed by atoms with Gasteiger partial charge in [0.25, 0.3) is 0 Å². The number of halogens is 3. The van der Waals surface area contributed by atoms with E-state index in [2.05, 4.69) is 15.0 Å². The monoisotopic (exact) mass is 450 g/mol. The first-order valence-electron chi connectivity index (χ1n) is 8.12. The molecule has 2 N–H and O–H groups in total. The van der Waals surface area contributed by atoms with Crippen molar-refractivity contribution in [3.8, 4) is 5.75 Å². The number of thioether (sulfide) groups is 1. The number of carbonyl (C=O) groups is 1. The van der Waals surface area contributed by atoms with Gasteiger partial charge >= 0.3 is 12.5 Å². The van der Waals surface area contributed by atoms with Crippen LogP contribution in [0.2, 0.25) is 0 Å². The van der Waals surface area contributed by atoms with Crippen LogP contribution in [0.5, 0.6) is 5.75 Å². The maximum Gasteiger partial charge on any atom is 0.573 e. The summed E-state index contributed by atoms with van der Waals surface area (Å²) in [7, 11) is -3.16. The number of hydrogen-bond donors (Lipinski definition) is 2. The molecular weight excluding hydrogens is 432 g/mol. The Balaban J connectivity index is 1.78. The van der Waals surface area contributed by atoms with E-state index in [4.69, 9.17) is 4.74 Å². The number of alkyl halides is 3. The van der Waals surface area contributed by atoms with Gasteiger partial charge in [0.2, 0.25) is 7.37 Å². The normalized spacial score (nSPS) is 13.4. The number of carbonyl (C=O) groups excluding carboxylic acids is 1. The molecule has 0 spiro atoms. The minimum absolute atomic E-state index is 0.0335. The number of aromatic nitrogens is 1. The van der Waals surface area contributed by atoms with Crippen molar-refractivity contribution in [3.05, 3.63) is 53.7 Å². The number of nitrogens with one attached hydrogen (secondary N) is 1. The van der Waals surface area contributed by atoms with Crippen molar-refractivity contribution in [3.63, 3.8) is 0 Å². The molecule has 0 saturated heterocycles. The summed E-state index contributed by atoms with van der Waals surface area (Å²) in [5.41, 5.74) is 1.24. The summed E-state index contributed by atoms with van der Waals surface area (Å²) in [5, 5.41) is 3.09. The number of ether oxygens (including phenoxy) is 2. The van der Waals surface area contributed by atoms with E-state index in [0.717, 1.165) is 29.5 Å². The third-order valence-electron chi connectivity index (χ3n) is 3.21. The lowest BCUT2D eigenvalue weighted by Crippen LogP contribution is -2.23. The summed E-state index contributed by atoms with van der Waals surface area (Å²) in [4.78, 5) is 25.2. The highest BCUT2D eigenvalue weighted by Gasteiger charge is 2.30. The molecule has 158 valence electrons. The summed E-state index contributed by atoms with van der Waals surface area (Å²) < 4.78 is 56.4. The lowest BCUT2D eigenvalue weighted by molar-refractivity contribution is -0.274. The SMILES string of the molecule is CP(=O)(O)CSc1cc(CNC(=O)OCc2ccc(OC(F)(F)F)cc2)ccn1. The number of rotatable bonds is 8. The fourth-order valence-electron chi connectivity index (χ4n) is 1.99. The van der Waals surface area contributed by atoms with Crippen LogP contribution in [0.4, 0.5) is 18.0 Å². The van der Waals surface area contributed by atoms with Gasteiger partial charge in [-0.15, -0.1) is 13.2 Å². The van der Waals surface area contributed by atoms with Crippen LogP contribution in [-0.4, -0.2) is 34.5 Å². The van der Waals surface area contributed by atoms with Crippen molar-refractivity contribution in [2.45, 2.75) is 24.5 Å². The van der Waals surface area contributed by atoms with E-state index in [-0.39, 0.29) is 24.4 Å². The Labute approximate surface area is 169 Å². The van der Waals surface area contributed by atoms with E-state index in [1.807, 2.05) is 0 Å². The van der Waals surface area contributed by atoms with E-state index >= 15 is 0 Å². The minimum Gasteiger partial charge on any atom is -0.445 e. The predicted molar refractivity (Wildman–Crippen MR) is 101 cm³/mol. The van der Waals surface area contributed by atoms with Gasteiger partial charge in [-0.25, -0.2) is 9.78 Å². The molecule has 1 atom stereocenters. The van der Waals surface area contributed by atoms with Crippen molar-refractivity contribution in [2.24, 2.45) is 0 Å². The predicted octanol–water partition coefficient (Wildman–Crippen LogP) is 4.36. The fourth-order valence-corrected chi connectivity index (χ4v) is 3.84. The first kappa shape index (κ1) is 23.1. The van der Waals surface area contributed by atoms with E-state index in [0.29, 0.717) is 10.6 Å². The molecule has 1 aromatic heterocycles. The molecule has 2 rings (SSSR count). The molecular formula is C17H18F3N2O5PS. The van der Waals surface area contributed by atoms with Crippen molar-refractivity contribution >= 4 is 25.2 Å². The molecule has 0 saturated carbocycles. The lowest BCUT2D eigenvalue weighted by Gasteiger charge is -2.10. The average Bonchev–Trinajstić information content (AvgIpc) is 2.63. The third-order valence-corrected chi connectivity index (χ3v) is 6.17. The second-order valence-corrected chi connectivity index (χ2v) is 9.79. The molecule has 12 heteroatoms. The molecule has 1 unspecified atom stereocenters. The largest absolute Gasteiger partial charge is 0.573 e. The number of hydrogen-bond acceptors (Lipinski definition) is 6. The zero-order valence-corrected chi connectivity index (χ0v) is 16.9. The van der Waals surface area contributed by atoms with Gasteiger partial charge in [0.1, 0.15) is 12.4 Å². The minimum atomic E-state index is -4.77. The Hall–Kier alpha value is -2.23. The highest BCUT2D eigenvalue weighted by molar-refractivity contribution is 8.04. The number of nitrogens with zero attached hydrogens (tertiary/aromatic N) is 1. The Kier molecular flexibility index (Phi) is 7.95. The van der Waals surface area contributed by atoms with Crippen LogP contribution < -0.4 is 10.1 Å². The van der Waals surface area contributed by atoms with E-state index in [9.17, 15) is 27.4 Å². The standard InChI is InChI=1S/C17H18F3N2O5PS/c1-28(24,25)11-29-15-8-13(6-7-21-15)9-22-16(23)26-10-12-2-4-14(5-3-12)27-17(18,19)20/h2-8H,9-11H2,1H3,(H,22,23)(H,24,25). The van der Waals surface area contributed by atoms with Crippen LogP contribution in [0.3, 0.4) is 0 Å². The maximum absolute atomic E-state index is 12.1. The molecule has 0 aliphatic rings. The molecule has 2 aromatic rings. The topological polar surface area (TPSA) is 97.8 Å².